The summed E-state index contributed by atoms with van der Waals surface area (Å²) in [5, 5.41) is 2.99. The quantitative estimate of drug-likeness (QED) is 0.908. The maximum atomic E-state index is 12.3. The second-order valence-corrected chi connectivity index (χ2v) is 5.75. The van der Waals surface area contributed by atoms with E-state index in [2.05, 4.69) is 24.1 Å². The molecule has 122 valence electrons. The van der Waals surface area contributed by atoms with Gasteiger partial charge in [0.2, 0.25) is 0 Å². The van der Waals surface area contributed by atoms with Crippen LogP contribution in [-0.4, -0.2) is 55.2 Å². The van der Waals surface area contributed by atoms with Gasteiger partial charge < -0.3 is 15.0 Å². The smallest absolute Gasteiger partial charge is 0.317 e. The minimum absolute atomic E-state index is 0.00899. The lowest BCUT2D eigenvalue weighted by Crippen LogP contribution is -2.53. The first-order valence-electron chi connectivity index (χ1n) is 8.04. The fraction of sp³-hybridized carbons (Fsp3) is 0.588. The molecule has 0 saturated carbocycles. The zero-order valence-electron chi connectivity index (χ0n) is 13.8. The number of nitrogens with one attached hydrogen (secondary N) is 1. The molecule has 1 aromatic carbocycles. The Morgan fingerprint density at radius 2 is 1.95 bits per heavy atom. The van der Waals surface area contributed by atoms with Crippen molar-refractivity contribution in [3.8, 4) is 5.75 Å². The van der Waals surface area contributed by atoms with Crippen LogP contribution >= 0.6 is 0 Å². The number of hydrogen-bond acceptors (Lipinski definition) is 3. The number of methoxy groups -OCH3 is 1. The molecule has 2 amide bonds. The Morgan fingerprint density at radius 1 is 1.27 bits per heavy atom. The van der Waals surface area contributed by atoms with Crippen molar-refractivity contribution in [3.05, 3.63) is 29.8 Å². The van der Waals surface area contributed by atoms with Crippen LogP contribution in [0.15, 0.2) is 24.3 Å². The van der Waals surface area contributed by atoms with Crippen molar-refractivity contribution in [2.45, 2.75) is 32.9 Å². The highest BCUT2D eigenvalue weighted by molar-refractivity contribution is 5.74. The Balaban J connectivity index is 1.81. The van der Waals surface area contributed by atoms with Crippen molar-refractivity contribution in [1.29, 1.82) is 0 Å². The first-order valence-corrected chi connectivity index (χ1v) is 8.04. The average Bonchev–Trinajstić information content (AvgIpc) is 2.59. The molecule has 1 fully saturated rings. The summed E-state index contributed by atoms with van der Waals surface area (Å²) in [5.41, 5.74) is 0.997. The van der Waals surface area contributed by atoms with Gasteiger partial charge in [0.05, 0.1) is 7.11 Å². The minimum atomic E-state index is 0.00899. The van der Waals surface area contributed by atoms with Crippen molar-refractivity contribution in [3.63, 3.8) is 0 Å². The first-order chi connectivity index (χ1) is 10.7. The highest BCUT2D eigenvalue weighted by Gasteiger charge is 2.23. The van der Waals surface area contributed by atoms with Crippen molar-refractivity contribution < 1.29 is 9.53 Å². The third-order valence-corrected chi connectivity index (χ3v) is 4.44. The van der Waals surface area contributed by atoms with Gasteiger partial charge in [0.1, 0.15) is 5.75 Å². The van der Waals surface area contributed by atoms with Crippen molar-refractivity contribution in [2.24, 2.45) is 0 Å². The van der Waals surface area contributed by atoms with E-state index in [0.29, 0.717) is 12.6 Å². The third-order valence-electron chi connectivity index (χ3n) is 4.44. The molecule has 1 aliphatic rings. The Hall–Kier alpha value is -1.75. The van der Waals surface area contributed by atoms with Crippen LogP contribution in [0.25, 0.3) is 0 Å². The third kappa shape index (κ3) is 4.13. The van der Waals surface area contributed by atoms with Gasteiger partial charge in [-0.05, 0) is 19.4 Å². The van der Waals surface area contributed by atoms with Gasteiger partial charge in [-0.3, -0.25) is 4.90 Å². The van der Waals surface area contributed by atoms with Crippen LogP contribution in [0.3, 0.4) is 0 Å². The molecule has 1 N–H and O–H groups in total. The maximum Gasteiger partial charge on any atom is 0.317 e. The van der Waals surface area contributed by atoms with Crippen LogP contribution in [0.2, 0.25) is 0 Å². The molecular formula is C17H27N3O2. The average molecular weight is 305 g/mol. The fourth-order valence-corrected chi connectivity index (χ4v) is 2.76. The van der Waals surface area contributed by atoms with E-state index in [1.165, 1.54) is 0 Å². The Labute approximate surface area is 133 Å². The molecule has 1 saturated heterocycles. The SMILES string of the molecule is CCC(C)N1CCN(C(=O)NCc2ccccc2OC)CC1. The number of rotatable bonds is 5. The summed E-state index contributed by atoms with van der Waals surface area (Å²) < 4.78 is 5.30. The molecule has 1 atom stereocenters. The molecule has 0 radical (unpaired) electrons. The van der Waals surface area contributed by atoms with Crippen LogP contribution in [0, 0.1) is 0 Å². The maximum absolute atomic E-state index is 12.3. The molecule has 0 bridgehead atoms. The zero-order valence-corrected chi connectivity index (χ0v) is 13.8. The monoisotopic (exact) mass is 305 g/mol. The zero-order chi connectivity index (χ0) is 15.9. The molecule has 0 aromatic heterocycles. The lowest BCUT2D eigenvalue weighted by atomic mass is 10.2. The minimum Gasteiger partial charge on any atom is -0.496 e. The van der Waals surface area contributed by atoms with Gasteiger partial charge in [0.25, 0.3) is 0 Å². The topological polar surface area (TPSA) is 44.8 Å². The van der Waals surface area contributed by atoms with E-state index in [9.17, 15) is 4.79 Å². The summed E-state index contributed by atoms with van der Waals surface area (Å²) >= 11 is 0. The number of nitrogens with zero attached hydrogens (tertiary/aromatic N) is 2. The normalized spacial score (nSPS) is 17.1. The number of para-hydroxylation sites is 1. The Kier molecular flexibility index (Phi) is 6.07. The van der Waals surface area contributed by atoms with Crippen LogP contribution in [-0.2, 0) is 6.54 Å². The van der Waals surface area contributed by atoms with Crippen LogP contribution in [0.5, 0.6) is 5.75 Å². The van der Waals surface area contributed by atoms with Gasteiger partial charge in [0, 0.05) is 44.3 Å². The van der Waals surface area contributed by atoms with E-state index in [4.69, 9.17) is 4.74 Å². The fourth-order valence-electron chi connectivity index (χ4n) is 2.76. The molecule has 22 heavy (non-hydrogen) atoms. The van der Waals surface area contributed by atoms with Gasteiger partial charge in [0.15, 0.2) is 0 Å². The number of piperazine rings is 1. The van der Waals surface area contributed by atoms with Gasteiger partial charge in [-0.2, -0.15) is 0 Å². The number of hydrogen-bond donors (Lipinski definition) is 1. The Bertz CT molecular complexity index is 485. The van der Waals surface area contributed by atoms with E-state index in [1.807, 2.05) is 29.2 Å². The number of urea groups is 1. The number of amides is 2. The largest absolute Gasteiger partial charge is 0.496 e. The number of carbonyl (C=O) groups excluding carboxylic acids is 1. The summed E-state index contributed by atoms with van der Waals surface area (Å²) in [6, 6.07) is 8.37. The lowest BCUT2D eigenvalue weighted by Gasteiger charge is -2.37. The summed E-state index contributed by atoms with van der Waals surface area (Å²) in [6.45, 7) is 8.45. The molecule has 0 spiro atoms. The second kappa shape index (κ2) is 8.03. The van der Waals surface area contributed by atoms with Gasteiger partial charge in [-0.1, -0.05) is 25.1 Å². The van der Waals surface area contributed by atoms with E-state index in [1.54, 1.807) is 7.11 Å². The molecule has 0 aliphatic carbocycles. The van der Waals surface area contributed by atoms with Gasteiger partial charge in [-0.25, -0.2) is 4.79 Å². The van der Waals surface area contributed by atoms with Crippen LogP contribution in [0.1, 0.15) is 25.8 Å². The van der Waals surface area contributed by atoms with Crippen LogP contribution < -0.4 is 10.1 Å². The van der Waals surface area contributed by atoms with Gasteiger partial charge >= 0.3 is 6.03 Å². The molecule has 5 heteroatoms. The van der Waals surface area contributed by atoms with Crippen molar-refractivity contribution in [2.75, 3.05) is 33.3 Å². The summed E-state index contributed by atoms with van der Waals surface area (Å²) in [7, 11) is 1.65. The summed E-state index contributed by atoms with van der Waals surface area (Å²) in [4.78, 5) is 16.6. The van der Waals surface area contributed by atoms with Crippen molar-refractivity contribution in [1.82, 2.24) is 15.1 Å². The molecule has 1 aliphatic heterocycles. The number of ether oxygens (including phenoxy) is 1. The number of benzene rings is 1. The standard InChI is InChI=1S/C17H27N3O2/c1-4-14(2)19-9-11-20(12-10-19)17(21)18-13-15-7-5-6-8-16(15)22-3/h5-8,14H,4,9-13H2,1-3H3,(H,18,21). The van der Waals surface area contributed by atoms with Crippen LogP contribution in [0.4, 0.5) is 4.79 Å². The predicted molar refractivity (Wildman–Crippen MR) is 88.1 cm³/mol. The van der Waals surface area contributed by atoms with E-state index in [0.717, 1.165) is 43.9 Å². The number of carbonyl (C=O) groups is 1. The molecule has 1 heterocycles. The first kappa shape index (κ1) is 16.6. The molecular weight excluding hydrogens is 278 g/mol. The lowest BCUT2D eigenvalue weighted by molar-refractivity contribution is 0.112. The van der Waals surface area contributed by atoms with Crippen molar-refractivity contribution >= 4 is 6.03 Å². The molecule has 2 rings (SSSR count). The second-order valence-electron chi connectivity index (χ2n) is 5.75. The van der Waals surface area contributed by atoms with E-state index >= 15 is 0 Å². The molecule has 5 nitrogen and oxygen atoms in total. The summed E-state index contributed by atoms with van der Waals surface area (Å²) in [6.07, 6.45) is 1.15. The highest BCUT2D eigenvalue weighted by Crippen LogP contribution is 2.17. The van der Waals surface area contributed by atoms with Gasteiger partial charge in [-0.15, -0.1) is 0 Å². The Morgan fingerprint density at radius 3 is 2.59 bits per heavy atom. The molecule has 1 unspecified atom stereocenters. The predicted octanol–water partition coefficient (Wildman–Crippen LogP) is 2.32. The highest BCUT2D eigenvalue weighted by atomic mass is 16.5. The summed E-state index contributed by atoms with van der Waals surface area (Å²) in [5.74, 6) is 0.810. The molecule has 1 aromatic rings. The van der Waals surface area contributed by atoms with E-state index < -0.39 is 0 Å². The van der Waals surface area contributed by atoms with E-state index in [-0.39, 0.29) is 6.03 Å².